The van der Waals surface area contributed by atoms with E-state index >= 15 is 0 Å². The molecule has 0 fully saturated rings. The molecule has 0 radical (unpaired) electrons. The van der Waals surface area contributed by atoms with Crippen LogP contribution >= 0.6 is 23.2 Å². The van der Waals surface area contributed by atoms with Crippen molar-refractivity contribution in [3.63, 3.8) is 0 Å². The van der Waals surface area contributed by atoms with Gasteiger partial charge in [-0.15, -0.1) is 0 Å². The number of pyridine rings is 1. The first kappa shape index (κ1) is 13.4. The summed E-state index contributed by atoms with van der Waals surface area (Å²) in [4.78, 5) is 4.63. The fraction of sp³-hybridized carbons (Fsp3) is 0.357. The van der Waals surface area contributed by atoms with Crippen molar-refractivity contribution in [1.82, 2.24) is 4.98 Å². The summed E-state index contributed by atoms with van der Waals surface area (Å²) < 4.78 is 0. The predicted octanol–water partition coefficient (Wildman–Crippen LogP) is 4.78. The first-order valence-corrected chi connectivity index (χ1v) is 6.74. The number of hydrogen-bond acceptors (Lipinski definition) is 2. The van der Waals surface area contributed by atoms with E-state index < -0.39 is 0 Å². The van der Waals surface area contributed by atoms with Gasteiger partial charge in [-0.05, 0) is 30.5 Å². The van der Waals surface area contributed by atoms with Crippen molar-refractivity contribution in [3.05, 3.63) is 33.9 Å². The van der Waals surface area contributed by atoms with Gasteiger partial charge in [0.05, 0.1) is 15.6 Å². The quantitative estimate of drug-likeness (QED) is 0.876. The van der Waals surface area contributed by atoms with E-state index in [1.165, 1.54) is 0 Å². The molecule has 96 valence electrons. The lowest BCUT2D eigenvalue weighted by Crippen LogP contribution is -2.01. The standard InChI is InChI=1S/C14H16Cl2N2/c1-8(2)6-9-7-12(17-3)10-4-5-11(15)13(16)14(10)18-9/h4-5,7-8H,6H2,1-3H3,(H,17,18). The van der Waals surface area contributed by atoms with Crippen LogP contribution in [0.4, 0.5) is 5.69 Å². The third-order valence-electron chi connectivity index (χ3n) is 2.81. The number of rotatable bonds is 3. The molecule has 2 nitrogen and oxygen atoms in total. The Kier molecular flexibility index (Phi) is 3.98. The zero-order valence-corrected chi connectivity index (χ0v) is 12.2. The Morgan fingerprint density at radius 2 is 2.00 bits per heavy atom. The van der Waals surface area contributed by atoms with Gasteiger partial charge in [-0.1, -0.05) is 37.0 Å². The van der Waals surface area contributed by atoms with Crippen LogP contribution in [0.3, 0.4) is 0 Å². The summed E-state index contributed by atoms with van der Waals surface area (Å²) in [5.74, 6) is 0.553. The van der Waals surface area contributed by atoms with Crippen LogP contribution in [0.2, 0.25) is 10.0 Å². The molecule has 0 unspecified atom stereocenters. The molecular formula is C14H16Cl2N2. The summed E-state index contributed by atoms with van der Waals surface area (Å²) in [5, 5.41) is 5.25. The fourth-order valence-corrected chi connectivity index (χ4v) is 2.38. The van der Waals surface area contributed by atoms with Gasteiger partial charge >= 0.3 is 0 Å². The Morgan fingerprint density at radius 3 is 2.61 bits per heavy atom. The summed E-state index contributed by atoms with van der Waals surface area (Å²) in [5.41, 5.74) is 2.84. The fourth-order valence-electron chi connectivity index (χ4n) is 2.02. The molecular weight excluding hydrogens is 267 g/mol. The monoisotopic (exact) mass is 282 g/mol. The second-order valence-corrected chi connectivity index (χ2v) is 5.55. The summed E-state index contributed by atoms with van der Waals surface area (Å²) >= 11 is 12.3. The van der Waals surface area contributed by atoms with Gasteiger partial charge in [-0.2, -0.15) is 0 Å². The summed E-state index contributed by atoms with van der Waals surface area (Å²) in [6, 6.07) is 5.82. The lowest BCUT2D eigenvalue weighted by atomic mass is 10.1. The van der Waals surface area contributed by atoms with E-state index in [0.717, 1.165) is 28.7 Å². The Hall–Kier alpha value is -0.990. The van der Waals surface area contributed by atoms with Crippen molar-refractivity contribution in [2.24, 2.45) is 5.92 Å². The van der Waals surface area contributed by atoms with Crippen LogP contribution in [0.5, 0.6) is 0 Å². The number of halogens is 2. The van der Waals surface area contributed by atoms with Gasteiger partial charge in [0, 0.05) is 23.8 Å². The zero-order chi connectivity index (χ0) is 13.3. The third-order valence-corrected chi connectivity index (χ3v) is 3.61. The molecule has 0 aliphatic heterocycles. The normalized spacial score (nSPS) is 11.2. The van der Waals surface area contributed by atoms with E-state index in [1.54, 1.807) is 6.07 Å². The number of hydrogen-bond donors (Lipinski definition) is 1. The molecule has 0 amide bonds. The number of fused-ring (bicyclic) bond motifs is 1. The van der Waals surface area contributed by atoms with E-state index in [2.05, 4.69) is 30.2 Å². The molecule has 1 heterocycles. The largest absolute Gasteiger partial charge is 0.388 e. The van der Waals surface area contributed by atoms with Crippen LogP contribution in [0.1, 0.15) is 19.5 Å². The van der Waals surface area contributed by atoms with Crippen molar-refractivity contribution in [2.45, 2.75) is 20.3 Å². The highest BCUT2D eigenvalue weighted by Crippen LogP contribution is 2.33. The Balaban J connectivity index is 2.68. The lowest BCUT2D eigenvalue weighted by molar-refractivity contribution is 0.637. The van der Waals surface area contributed by atoms with E-state index in [0.29, 0.717) is 16.0 Å². The maximum Gasteiger partial charge on any atom is 0.0927 e. The van der Waals surface area contributed by atoms with Crippen molar-refractivity contribution < 1.29 is 0 Å². The average Bonchev–Trinajstić information content (AvgIpc) is 2.32. The Bertz CT molecular complexity index is 580. The van der Waals surface area contributed by atoms with E-state index in [9.17, 15) is 0 Å². The molecule has 0 saturated heterocycles. The highest BCUT2D eigenvalue weighted by atomic mass is 35.5. The van der Waals surface area contributed by atoms with Crippen LogP contribution in [-0.2, 0) is 6.42 Å². The maximum atomic E-state index is 6.24. The topological polar surface area (TPSA) is 24.9 Å². The van der Waals surface area contributed by atoms with Gasteiger partial charge in [0.25, 0.3) is 0 Å². The van der Waals surface area contributed by atoms with Crippen molar-refractivity contribution in [1.29, 1.82) is 0 Å². The third kappa shape index (κ3) is 2.55. The van der Waals surface area contributed by atoms with E-state index in [4.69, 9.17) is 23.2 Å². The first-order valence-electron chi connectivity index (χ1n) is 5.98. The summed E-state index contributed by atoms with van der Waals surface area (Å²) in [7, 11) is 1.90. The molecule has 4 heteroatoms. The highest BCUT2D eigenvalue weighted by Gasteiger charge is 2.11. The predicted molar refractivity (Wildman–Crippen MR) is 79.9 cm³/mol. The van der Waals surface area contributed by atoms with E-state index in [-0.39, 0.29) is 0 Å². The van der Waals surface area contributed by atoms with Crippen molar-refractivity contribution in [3.8, 4) is 0 Å². The highest BCUT2D eigenvalue weighted by molar-refractivity contribution is 6.45. The molecule has 18 heavy (non-hydrogen) atoms. The molecule has 0 bridgehead atoms. The van der Waals surface area contributed by atoms with Gasteiger partial charge < -0.3 is 5.32 Å². The molecule has 0 aliphatic rings. The molecule has 0 atom stereocenters. The number of nitrogens with one attached hydrogen (secondary N) is 1. The van der Waals surface area contributed by atoms with Crippen LogP contribution in [0, 0.1) is 5.92 Å². The first-order chi connectivity index (χ1) is 8.52. The van der Waals surface area contributed by atoms with Crippen LogP contribution in [0.25, 0.3) is 10.9 Å². The molecule has 2 rings (SSSR count). The minimum Gasteiger partial charge on any atom is -0.388 e. The van der Waals surface area contributed by atoms with Crippen LogP contribution < -0.4 is 5.32 Å². The molecule has 0 saturated carbocycles. The molecule has 2 aromatic rings. The maximum absolute atomic E-state index is 6.24. The Labute approximate surface area is 117 Å². The van der Waals surface area contributed by atoms with Gasteiger partial charge in [-0.25, -0.2) is 0 Å². The van der Waals surface area contributed by atoms with Crippen molar-refractivity contribution in [2.75, 3.05) is 12.4 Å². The van der Waals surface area contributed by atoms with Crippen LogP contribution in [-0.4, -0.2) is 12.0 Å². The lowest BCUT2D eigenvalue weighted by Gasteiger charge is -2.12. The number of aromatic nitrogens is 1. The second-order valence-electron chi connectivity index (χ2n) is 4.77. The molecule has 1 aromatic carbocycles. The second kappa shape index (κ2) is 5.33. The summed E-state index contributed by atoms with van der Waals surface area (Å²) in [6.45, 7) is 4.34. The van der Waals surface area contributed by atoms with Gasteiger partial charge in [0.2, 0.25) is 0 Å². The smallest absolute Gasteiger partial charge is 0.0927 e. The van der Waals surface area contributed by atoms with E-state index in [1.807, 2.05) is 13.1 Å². The molecule has 1 aromatic heterocycles. The number of benzene rings is 1. The SMILES string of the molecule is CNc1cc(CC(C)C)nc2c(Cl)c(Cl)ccc12. The molecule has 0 spiro atoms. The molecule has 0 aliphatic carbocycles. The minimum atomic E-state index is 0.524. The minimum absolute atomic E-state index is 0.524. The van der Waals surface area contributed by atoms with Gasteiger partial charge in [0.15, 0.2) is 0 Å². The van der Waals surface area contributed by atoms with Gasteiger partial charge in [0.1, 0.15) is 0 Å². The molecule has 1 N–H and O–H groups in total. The van der Waals surface area contributed by atoms with Crippen LogP contribution in [0.15, 0.2) is 18.2 Å². The van der Waals surface area contributed by atoms with Crippen molar-refractivity contribution >= 4 is 39.8 Å². The van der Waals surface area contributed by atoms with Gasteiger partial charge in [-0.3, -0.25) is 4.98 Å². The summed E-state index contributed by atoms with van der Waals surface area (Å²) in [6.07, 6.45) is 0.924. The number of nitrogens with zero attached hydrogens (tertiary/aromatic N) is 1. The zero-order valence-electron chi connectivity index (χ0n) is 10.7. The Morgan fingerprint density at radius 1 is 1.28 bits per heavy atom. The number of anilines is 1. The average molecular weight is 283 g/mol.